The lowest BCUT2D eigenvalue weighted by Gasteiger charge is -2.32. The highest BCUT2D eigenvalue weighted by molar-refractivity contribution is 7.92. The van der Waals surface area contributed by atoms with Crippen molar-refractivity contribution in [3.05, 3.63) is 95.0 Å². The van der Waals surface area contributed by atoms with Crippen molar-refractivity contribution in [3.63, 3.8) is 0 Å². The van der Waals surface area contributed by atoms with E-state index in [1.165, 1.54) is 29.2 Å². The van der Waals surface area contributed by atoms with Crippen molar-refractivity contribution in [2.75, 3.05) is 23.9 Å². The lowest BCUT2D eigenvalue weighted by molar-refractivity contribution is -0.138. The molecule has 9 heteroatoms. The van der Waals surface area contributed by atoms with Crippen LogP contribution in [-0.4, -0.2) is 50.8 Å². The van der Waals surface area contributed by atoms with Crippen LogP contribution in [0.1, 0.15) is 31.4 Å². The molecule has 7 nitrogen and oxygen atoms in total. The molecule has 1 atom stereocenters. The number of hydrogen-bond donors (Lipinski definition) is 1. The van der Waals surface area contributed by atoms with Gasteiger partial charge in [-0.3, -0.25) is 13.9 Å². The Morgan fingerprint density at radius 3 is 2.21 bits per heavy atom. The zero-order valence-corrected chi connectivity index (χ0v) is 23.5. The number of para-hydroxylation sites is 1. The van der Waals surface area contributed by atoms with E-state index in [0.717, 1.165) is 16.3 Å². The van der Waals surface area contributed by atoms with Crippen LogP contribution in [-0.2, 0) is 26.0 Å². The fraction of sp³-hybridized carbons (Fsp3) is 0.310. The minimum absolute atomic E-state index is 0.0162. The van der Waals surface area contributed by atoms with Crippen molar-refractivity contribution >= 4 is 39.1 Å². The van der Waals surface area contributed by atoms with Crippen molar-refractivity contribution in [1.82, 2.24) is 10.2 Å². The molecule has 0 aliphatic carbocycles. The topological polar surface area (TPSA) is 86.8 Å². The summed E-state index contributed by atoms with van der Waals surface area (Å²) in [5.41, 5.74) is 2.10. The molecule has 0 radical (unpaired) electrons. The van der Waals surface area contributed by atoms with E-state index in [0.29, 0.717) is 29.2 Å². The molecule has 0 aliphatic rings. The number of anilines is 1. The summed E-state index contributed by atoms with van der Waals surface area (Å²) < 4.78 is 28.7. The van der Waals surface area contributed by atoms with Crippen LogP contribution in [0, 0.1) is 6.92 Å². The van der Waals surface area contributed by atoms with Gasteiger partial charge in [0.05, 0.1) is 10.6 Å². The van der Waals surface area contributed by atoms with Gasteiger partial charge in [0.2, 0.25) is 11.8 Å². The van der Waals surface area contributed by atoms with Crippen LogP contribution in [0.2, 0.25) is 5.02 Å². The minimum Gasteiger partial charge on any atom is -0.354 e. The fourth-order valence-corrected chi connectivity index (χ4v) is 5.66. The summed E-state index contributed by atoms with van der Waals surface area (Å²) in [7, 11) is -4.12. The van der Waals surface area contributed by atoms with Gasteiger partial charge < -0.3 is 10.2 Å². The zero-order chi connectivity index (χ0) is 27.7. The number of nitrogens with one attached hydrogen (secondary N) is 1. The lowest BCUT2D eigenvalue weighted by Crippen LogP contribution is -2.52. The Hall–Kier alpha value is -3.36. The Kier molecular flexibility index (Phi) is 10.3. The van der Waals surface area contributed by atoms with Gasteiger partial charge in [0.15, 0.2) is 0 Å². The Bertz CT molecular complexity index is 1330. The van der Waals surface area contributed by atoms with Gasteiger partial charge in [-0.25, -0.2) is 8.42 Å². The molecule has 38 heavy (non-hydrogen) atoms. The molecule has 0 fully saturated rings. The Balaban J connectivity index is 1.97. The van der Waals surface area contributed by atoms with Gasteiger partial charge in [-0.05, 0) is 68.1 Å². The van der Waals surface area contributed by atoms with Gasteiger partial charge >= 0.3 is 0 Å². The highest BCUT2D eigenvalue weighted by atomic mass is 35.5. The van der Waals surface area contributed by atoms with Crippen molar-refractivity contribution in [2.45, 2.75) is 44.6 Å². The molecule has 0 saturated carbocycles. The van der Waals surface area contributed by atoms with Gasteiger partial charge in [0.1, 0.15) is 12.6 Å². The molecule has 0 bridgehead atoms. The molecule has 0 saturated heterocycles. The average Bonchev–Trinajstić information content (AvgIpc) is 2.91. The second-order valence-electron chi connectivity index (χ2n) is 9.04. The first-order valence-corrected chi connectivity index (χ1v) is 14.4. The second-order valence-corrected chi connectivity index (χ2v) is 11.3. The van der Waals surface area contributed by atoms with E-state index in [9.17, 15) is 18.0 Å². The zero-order valence-electron chi connectivity index (χ0n) is 21.9. The number of aryl methyl sites for hydroxylation is 1. The third-order valence-electron chi connectivity index (χ3n) is 6.27. The van der Waals surface area contributed by atoms with Gasteiger partial charge in [0, 0.05) is 18.1 Å². The van der Waals surface area contributed by atoms with Crippen LogP contribution >= 0.6 is 11.6 Å². The molecular formula is C29H34ClN3O4S. The van der Waals surface area contributed by atoms with Gasteiger partial charge in [-0.15, -0.1) is 0 Å². The number of rotatable bonds is 12. The summed E-state index contributed by atoms with van der Waals surface area (Å²) in [5.74, 6) is -0.753. The molecule has 3 aromatic carbocycles. The first-order chi connectivity index (χ1) is 18.1. The fourth-order valence-electron chi connectivity index (χ4n) is 4.06. The summed E-state index contributed by atoms with van der Waals surface area (Å²) in [4.78, 5) is 28.2. The lowest BCUT2D eigenvalue weighted by atomic mass is 10.1. The molecular weight excluding hydrogens is 522 g/mol. The van der Waals surface area contributed by atoms with E-state index in [2.05, 4.69) is 5.32 Å². The SMILES string of the molecule is CCCNC(=O)C(C)N(CCc1ccccc1)C(=O)CN(c1ccccc1C)S(=O)(=O)c1ccc(Cl)cc1. The smallest absolute Gasteiger partial charge is 0.264 e. The van der Waals surface area contributed by atoms with Crippen molar-refractivity contribution in [2.24, 2.45) is 0 Å². The first kappa shape index (κ1) is 29.2. The summed E-state index contributed by atoms with van der Waals surface area (Å²) >= 11 is 5.99. The monoisotopic (exact) mass is 555 g/mol. The molecule has 0 spiro atoms. The first-order valence-electron chi connectivity index (χ1n) is 12.6. The van der Waals surface area contributed by atoms with E-state index < -0.39 is 28.5 Å². The summed E-state index contributed by atoms with van der Waals surface area (Å²) in [6, 6.07) is 21.7. The molecule has 2 amide bonds. The maximum atomic E-state index is 13.8. The molecule has 1 unspecified atom stereocenters. The van der Waals surface area contributed by atoms with Crippen LogP contribution in [0.4, 0.5) is 5.69 Å². The van der Waals surface area contributed by atoms with Crippen LogP contribution in [0.25, 0.3) is 0 Å². The largest absolute Gasteiger partial charge is 0.354 e. The van der Waals surface area contributed by atoms with E-state index in [1.54, 1.807) is 38.1 Å². The highest BCUT2D eigenvalue weighted by Crippen LogP contribution is 2.27. The Labute approximate surface area is 230 Å². The van der Waals surface area contributed by atoms with Crippen molar-refractivity contribution < 1.29 is 18.0 Å². The normalized spacial score (nSPS) is 12.0. The van der Waals surface area contributed by atoms with Crippen LogP contribution < -0.4 is 9.62 Å². The molecule has 3 rings (SSSR count). The predicted octanol–water partition coefficient (Wildman–Crippen LogP) is 4.83. The Morgan fingerprint density at radius 1 is 0.947 bits per heavy atom. The van der Waals surface area contributed by atoms with Gasteiger partial charge in [-0.2, -0.15) is 0 Å². The summed E-state index contributed by atoms with van der Waals surface area (Å²) in [6.07, 6.45) is 1.28. The van der Waals surface area contributed by atoms with E-state index in [4.69, 9.17) is 11.6 Å². The molecule has 0 aromatic heterocycles. The van der Waals surface area contributed by atoms with E-state index >= 15 is 0 Å². The van der Waals surface area contributed by atoms with Crippen LogP contribution in [0.15, 0.2) is 83.8 Å². The van der Waals surface area contributed by atoms with E-state index in [1.807, 2.05) is 37.3 Å². The Morgan fingerprint density at radius 2 is 1.58 bits per heavy atom. The van der Waals surface area contributed by atoms with E-state index in [-0.39, 0.29) is 17.3 Å². The minimum atomic E-state index is -4.12. The molecule has 1 N–H and O–H groups in total. The van der Waals surface area contributed by atoms with Gasteiger partial charge in [0.25, 0.3) is 10.0 Å². The third kappa shape index (κ3) is 7.36. The number of hydrogen-bond acceptors (Lipinski definition) is 4. The molecule has 0 aliphatic heterocycles. The third-order valence-corrected chi connectivity index (χ3v) is 8.29. The number of sulfonamides is 1. The molecule has 3 aromatic rings. The van der Waals surface area contributed by atoms with Crippen molar-refractivity contribution in [1.29, 1.82) is 0 Å². The number of nitrogens with zero attached hydrogens (tertiary/aromatic N) is 2. The quantitative estimate of drug-likeness (QED) is 0.347. The maximum Gasteiger partial charge on any atom is 0.264 e. The number of benzene rings is 3. The van der Waals surface area contributed by atoms with Crippen molar-refractivity contribution in [3.8, 4) is 0 Å². The molecule has 202 valence electrons. The average molecular weight is 556 g/mol. The summed E-state index contributed by atoms with van der Waals surface area (Å²) in [5, 5.41) is 3.25. The highest BCUT2D eigenvalue weighted by Gasteiger charge is 2.32. The number of halogens is 1. The van der Waals surface area contributed by atoms with Crippen LogP contribution in [0.5, 0.6) is 0 Å². The second kappa shape index (κ2) is 13.4. The maximum absolute atomic E-state index is 13.8. The predicted molar refractivity (Wildman–Crippen MR) is 152 cm³/mol. The number of amides is 2. The number of carbonyl (C=O) groups excluding carboxylic acids is 2. The summed E-state index contributed by atoms with van der Waals surface area (Å²) in [6.45, 7) is 5.69. The van der Waals surface area contributed by atoms with Crippen LogP contribution in [0.3, 0.4) is 0 Å². The number of carbonyl (C=O) groups is 2. The molecule has 0 heterocycles. The van der Waals surface area contributed by atoms with Gasteiger partial charge in [-0.1, -0.05) is 67.1 Å². The standard InChI is InChI=1S/C29H34ClN3O4S/c1-4-19-31-29(35)23(3)32(20-18-24-11-6-5-7-12-24)28(34)21-33(27-13-9-8-10-22(27)2)38(36,37)26-16-14-25(30)15-17-26/h5-17,23H,4,18-21H2,1-3H3,(H,31,35).